The number of nitrogens with one attached hydrogen (secondary N) is 1. The molecule has 1 N–H and O–H groups in total. The molecule has 0 unspecified atom stereocenters. The molecule has 2 fully saturated rings. The average molecular weight is 766 g/mol. The van der Waals surface area contributed by atoms with E-state index in [2.05, 4.69) is 16.5 Å². The molecule has 7 rings (SSSR count). The van der Waals surface area contributed by atoms with Crippen LogP contribution in [0.5, 0.6) is 5.75 Å². The van der Waals surface area contributed by atoms with Crippen LogP contribution in [0.3, 0.4) is 0 Å². The predicted octanol–water partition coefficient (Wildman–Crippen LogP) is 7.62. The molecule has 0 spiro atoms. The van der Waals surface area contributed by atoms with Crippen LogP contribution in [0.25, 0.3) is 16.8 Å². The molecule has 1 saturated carbocycles. The number of piperazine rings is 1. The predicted molar refractivity (Wildman–Crippen MR) is 197 cm³/mol. The number of rotatable bonds is 13. The van der Waals surface area contributed by atoms with E-state index in [0.29, 0.717) is 54.8 Å². The fourth-order valence-corrected chi connectivity index (χ4v) is 7.64. The van der Waals surface area contributed by atoms with Crippen LogP contribution in [0.1, 0.15) is 55.1 Å². The Balaban J connectivity index is 1.14. The van der Waals surface area contributed by atoms with Crippen LogP contribution in [-0.4, -0.2) is 71.7 Å². The number of fused-ring (bicyclic) bond motifs is 2. The highest BCUT2D eigenvalue weighted by molar-refractivity contribution is 6.33. The number of nitrogens with zero attached hydrogens (tertiary/aromatic N) is 3. The Morgan fingerprint density at radius 1 is 1.04 bits per heavy atom. The summed E-state index contributed by atoms with van der Waals surface area (Å²) in [5, 5.41) is 7.74. The Hall–Kier alpha value is -4.29. The van der Waals surface area contributed by atoms with Gasteiger partial charge in [-0.1, -0.05) is 52.6 Å². The summed E-state index contributed by atoms with van der Waals surface area (Å²) in [6.07, 6.45) is 4.14. The summed E-state index contributed by atoms with van der Waals surface area (Å²) in [5.74, 6) is -0.726. The van der Waals surface area contributed by atoms with Crippen LogP contribution >= 0.6 is 23.2 Å². The maximum Gasteiger partial charge on any atom is 0.252 e. The topological polar surface area (TPSA) is 97.1 Å². The van der Waals surface area contributed by atoms with Crippen molar-refractivity contribution in [3.05, 3.63) is 110 Å². The monoisotopic (exact) mass is 764 g/mol. The van der Waals surface area contributed by atoms with Gasteiger partial charge in [0.05, 0.1) is 16.6 Å². The SMILES string of the molecule is COCCCc1ccc(Cl)c(CN(C(=O)C2=C(c3ccc(OCc4cc(-c5c(F)ccc(F)c5Cl)no4)cc3)C[C@@H]3CN(C(C)=O)C[C@H]2N3)C2CC2)c1. The van der Waals surface area contributed by atoms with Crippen molar-refractivity contribution in [3.63, 3.8) is 0 Å². The number of amides is 2. The van der Waals surface area contributed by atoms with E-state index >= 15 is 0 Å². The fourth-order valence-electron chi connectivity index (χ4n) is 7.21. The molecule has 3 aromatic carbocycles. The molecular weight excluding hydrogens is 725 g/mol. The first-order valence-electron chi connectivity index (χ1n) is 17.7. The molecule has 13 heteroatoms. The molecule has 53 heavy (non-hydrogen) atoms. The van der Waals surface area contributed by atoms with Crippen LogP contribution in [0.15, 0.2) is 70.8 Å². The van der Waals surface area contributed by atoms with E-state index in [1.807, 2.05) is 46.2 Å². The standard InChI is InChI=1S/C40H40Cl2F2N4O5/c1-23(49)47-20-27-17-31(25-6-10-29(11-7-25)52-22-30-18-35(46-53-30)38-33(43)13-14-34(44)39(38)42)37(36(21-47)45-27)40(50)48(28-8-9-28)19-26-16-24(4-3-15-51-2)5-12-32(26)41/h5-7,10-14,16,18,27-28,36,45H,3-4,8-9,15,17,19-22H2,1-2H3/t27-,36-/m1/s1. The van der Waals surface area contributed by atoms with Gasteiger partial charge in [0.25, 0.3) is 5.91 Å². The van der Waals surface area contributed by atoms with Gasteiger partial charge in [-0.2, -0.15) is 0 Å². The van der Waals surface area contributed by atoms with Gasteiger partial charge in [-0.25, -0.2) is 8.78 Å². The Morgan fingerprint density at radius 2 is 1.81 bits per heavy atom. The molecule has 1 aromatic heterocycles. The first kappa shape index (κ1) is 37.0. The third-order valence-electron chi connectivity index (χ3n) is 10.0. The summed E-state index contributed by atoms with van der Waals surface area (Å²) in [6, 6.07) is 16.7. The Kier molecular flexibility index (Phi) is 11.2. The Morgan fingerprint density at radius 3 is 2.55 bits per heavy atom. The lowest BCUT2D eigenvalue weighted by Gasteiger charge is -2.44. The minimum absolute atomic E-state index is 0.00944. The molecule has 2 amide bonds. The fraction of sp³-hybridized carbons (Fsp3) is 0.375. The average Bonchev–Trinajstić information content (AvgIpc) is 3.89. The van der Waals surface area contributed by atoms with Crippen molar-refractivity contribution < 1.29 is 32.4 Å². The molecule has 1 aliphatic carbocycles. The summed E-state index contributed by atoms with van der Waals surface area (Å²) >= 11 is 12.7. The van der Waals surface area contributed by atoms with E-state index in [0.717, 1.165) is 60.1 Å². The minimum atomic E-state index is -0.763. The smallest absolute Gasteiger partial charge is 0.252 e. The molecule has 4 aromatic rings. The van der Waals surface area contributed by atoms with Crippen LogP contribution in [0.4, 0.5) is 8.78 Å². The zero-order valence-electron chi connectivity index (χ0n) is 29.5. The quantitative estimate of drug-likeness (QED) is 0.111. The first-order chi connectivity index (χ1) is 25.6. The van der Waals surface area contributed by atoms with E-state index in [4.69, 9.17) is 37.2 Å². The van der Waals surface area contributed by atoms with Gasteiger partial charge in [-0.15, -0.1) is 0 Å². The van der Waals surface area contributed by atoms with E-state index in [1.165, 1.54) is 6.07 Å². The zero-order valence-corrected chi connectivity index (χ0v) is 31.0. The molecule has 0 radical (unpaired) electrons. The van der Waals surface area contributed by atoms with Gasteiger partial charge >= 0.3 is 0 Å². The summed E-state index contributed by atoms with van der Waals surface area (Å²) in [6.45, 7) is 3.56. The van der Waals surface area contributed by atoms with Crippen LogP contribution in [0, 0.1) is 11.6 Å². The van der Waals surface area contributed by atoms with Crippen LogP contribution < -0.4 is 10.1 Å². The number of hydrogen-bond acceptors (Lipinski definition) is 7. The van der Waals surface area contributed by atoms with Crippen molar-refractivity contribution >= 4 is 40.6 Å². The highest BCUT2D eigenvalue weighted by Crippen LogP contribution is 2.39. The second-order valence-electron chi connectivity index (χ2n) is 13.8. The Bertz CT molecular complexity index is 2030. The van der Waals surface area contributed by atoms with Gasteiger partial charge < -0.3 is 29.1 Å². The van der Waals surface area contributed by atoms with Gasteiger partial charge in [0.2, 0.25) is 5.91 Å². The number of ether oxygens (including phenoxy) is 2. The highest BCUT2D eigenvalue weighted by atomic mass is 35.5. The van der Waals surface area contributed by atoms with Gasteiger partial charge in [0, 0.05) is 69.0 Å². The minimum Gasteiger partial charge on any atom is -0.486 e. The first-order valence-corrected chi connectivity index (χ1v) is 18.5. The van der Waals surface area contributed by atoms with Crippen molar-refractivity contribution in [3.8, 4) is 17.0 Å². The van der Waals surface area contributed by atoms with Crippen molar-refractivity contribution in [2.75, 3.05) is 26.8 Å². The van der Waals surface area contributed by atoms with Gasteiger partial charge in [-0.3, -0.25) is 9.59 Å². The third-order valence-corrected chi connectivity index (χ3v) is 10.8. The van der Waals surface area contributed by atoms with E-state index < -0.39 is 11.6 Å². The molecule has 3 heterocycles. The van der Waals surface area contributed by atoms with Crippen molar-refractivity contribution in [1.29, 1.82) is 0 Å². The zero-order chi connectivity index (χ0) is 37.2. The van der Waals surface area contributed by atoms with Gasteiger partial charge in [-0.05, 0) is 84.7 Å². The molecule has 1 saturated heterocycles. The largest absolute Gasteiger partial charge is 0.486 e. The molecule has 2 atom stereocenters. The summed E-state index contributed by atoms with van der Waals surface area (Å²) in [4.78, 5) is 31.1. The lowest BCUT2D eigenvalue weighted by Crippen LogP contribution is -2.61. The maximum absolute atomic E-state index is 14.8. The number of hydrogen-bond donors (Lipinski definition) is 1. The number of carbonyl (C=O) groups is 2. The second-order valence-corrected chi connectivity index (χ2v) is 14.6. The van der Waals surface area contributed by atoms with Crippen molar-refractivity contribution in [2.24, 2.45) is 0 Å². The summed E-state index contributed by atoms with van der Waals surface area (Å²) in [7, 11) is 1.69. The van der Waals surface area contributed by atoms with Gasteiger partial charge in [0.1, 0.15) is 29.7 Å². The number of aromatic nitrogens is 1. The molecule has 3 aliphatic rings. The molecular formula is C40H40Cl2F2N4O5. The number of benzene rings is 3. The second kappa shape index (κ2) is 16.0. The van der Waals surface area contributed by atoms with E-state index in [9.17, 15) is 18.4 Å². The Labute approximate surface area is 316 Å². The molecule has 278 valence electrons. The normalized spacial score (nSPS) is 18.3. The molecule has 9 nitrogen and oxygen atoms in total. The molecule has 2 aliphatic heterocycles. The highest BCUT2D eigenvalue weighted by Gasteiger charge is 2.43. The van der Waals surface area contributed by atoms with Crippen LogP contribution in [-0.2, 0) is 33.9 Å². The van der Waals surface area contributed by atoms with Crippen molar-refractivity contribution in [2.45, 2.75) is 70.3 Å². The van der Waals surface area contributed by atoms with Gasteiger partial charge in [0.15, 0.2) is 5.76 Å². The number of aryl methyl sites for hydroxylation is 1. The third kappa shape index (κ3) is 8.28. The lowest BCUT2D eigenvalue weighted by atomic mass is 9.82. The van der Waals surface area contributed by atoms with Crippen molar-refractivity contribution in [1.82, 2.24) is 20.3 Å². The summed E-state index contributed by atoms with van der Waals surface area (Å²) < 4.78 is 44.9. The summed E-state index contributed by atoms with van der Waals surface area (Å²) in [5.41, 5.74) is 4.42. The van der Waals surface area contributed by atoms with E-state index in [-0.39, 0.29) is 52.8 Å². The maximum atomic E-state index is 14.8. The lowest BCUT2D eigenvalue weighted by molar-refractivity contribution is -0.132. The number of methoxy groups -OCH3 is 1. The van der Waals surface area contributed by atoms with E-state index in [1.54, 1.807) is 14.0 Å². The number of carbonyl (C=O) groups excluding carboxylic acids is 2. The molecule has 2 bridgehead atoms. The van der Waals surface area contributed by atoms with Crippen LogP contribution in [0.2, 0.25) is 10.0 Å². The number of halogens is 4.